The largest absolute Gasteiger partial charge is 0.321 e. The van der Waals surface area contributed by atoms with E-state index in [1.54, 1.807) is 6.07 Å². The first-order valence-corrected chi connectivity index (χ1v) is 7.05. The topological polar surface area (TPSA) is 88.0 Å². The first-order valence-electron chi connectivity index (χ1n) is 7.05. The Labute approximate surface area is 122 Å². The van der Waals surface area contributed by atoms with Crippen LogP contribution in [0.2, 0.25) is 0 Å². The van der Waals surface area contributed by atoms with Crippen LogP contribution in [0.3, 0.4) is 0 Å². The highest BCUT2D eigenvalue weighted by Crippen LogP contribution is 2.26. The van der Waals surface area contributed by atoms with Crippen molar-refractivity contribution >= 4 is 5.91 Å². The lowest BCUT2D eigenvalue weighted by Crippen LogP contribution is -2.34. The van der Waals surface area contributed by atoms with Crippen LogP contribution in [0.25, 0.3) is 11.3 Å². The Morgan fingerprint density at radius 1 is 1.10 bits per heavy atom. The predicted octanol–water partition coefficient (Wildman–Crippen LogP) is 1.52. The zero-order chi connectivity index (χ0) is 14.8. The van der Waals surface area contributed by atoms with Gasteiger partial charge in [-0.15, -0.1) is 0 Å². The monoisotopic (exact) mass is 283 g/mol. The summed E-state index contributed by atoms with van der Waals surface area (Å²) in [4.78, 5) is 26.1. The number of hydrogen-bond donors (Lipinski definition) is 3. The van der Waals surface area contributed by atoms with Crippen LogP contribution in [0.1, 0.15) is 34.3 Å². The molecule has 5 nitrogen and oxygen atoms in total. The van der Waals surface area contributed by atoms with E-state index < -0.39 is 11.5 Å². The number of pyridine rings is 1. The van der Waals surface area contributed by atoms with Gasteiger partial charge in [-0.2, -0.15) is 0 Å². The molecule has 0 bridgehead atoms. The van der Waals surface area contributed by atoms with Crippen molar-refractivity contribution in [2.24, 2.45) is 5.84 Å². The molecule has 1 amide bonds. The molecule has 1 heterocycles. The van der Waals surface area contributed by atoms with Crippen LogP contribution < -0.4 is 16.8 Å². The summed E-state index contributed by atoms with van der Waals surface area (Å²) in [6, 6.07) is 9.50. The van der Waals surface area contributed by atoms with Crippen LogP contribution in [-0.2, 0) is 12.8 Å². The lowest BCUT2D eigenvalue weighted by molar-refractivity contribution is 0.0952. The van der Waals surface area contributed by atoms with E-state index in [4.69, 9.17) is 5.84 Å². The standard InChI is InChI=1S/C16H17N3O2/c17-19-16(21)13-7-8-14(18-15(13)20)12-6-5-10-3-1-2-4-11(10)9-12/h5-9H,1-4,17H2,(H,18,20)(H,19,21). The maximum atomic E-state index is 11.9. The third kappa shape index (κ3) is 2.60. The summed E-state index contributed by atoms with van der Waals surface area (Å²) in [5.41, 5.74) is 5.96. The second kappa shape index (κ2) is 5.54. The summed E-state index contributed by atoms with van der Waals surface area (Å²) in [6.07, 6.45) is 4.66. The number of hydrazine groups is 1. The highest BCUT2D eigenvalue weighted by Gasteiger charge is 2.12. The lowest BCUT2D eigenvalue weighted by atomic mass is 9.90. The number of H-pyrrole nitrogens is 1. The van der Waals surface area contributed by atoms with E-state index in [2.05, 4.69) is 17.1 Å². The average Bonchev–Trinajstić information content (AvgIpc) is 2.53. The maximum absolute atomic E-state index is 11.9. The van der Waals surface area contributed by atoms with Crippen molar-refractivity contribution in [1.82, 2.24) is 10.4 Å². The first kappa shape index (κ1) is 13.6. The van der Waals surface area contributed by atoms with E-state index in [1.165, 1.54) is 30.0 Å². The van der Waals surface area contributed by atoms with Crippen molar-refractivity contribution in [3.63, 3.8) is 0 Å². The van der Waals surface area contributed by atoms with Gasteiger partial charge in [0.2, 0.25) is 0 Å². The third-order valence-corrected chi connectivity index (χ3v) is 3.94. The fourth-order valence-corrected chi connectivity index (χ4v) is 2.80. The van der Waals surface area contributed by atoms with Gasteiger partial charge in [-0.25, -0.2) is 5.84 Å². The molecule has 4 N–H and O–H groups in total. The smallest absolute Gasteiger partial charge is 0.270 e. The number of carbonyl (C=O) groups is 1. The van der Waals surface area contributed by atoms with Crippen LogP contribution in [0.5, 0.6) is 0 Å². The molecule has 21 heavy (non-hydrogen) atoms. The minimum Gasteiger partial charge on any atom is -0.321 e. The van der Waals surface area contributed by atoms with Crippen molar-refractivity contribution in [2.45, 2.75) is 25.7 Å². The Morgan fingerprint density at radius 2 is 1.86 bits per heavy atom. The number of benzene rings is 1. The molecule has 0 spiro atoms. The molecule has 0 radical (unpaired) electrons. The molecule has 0 fully saturated rings. The SMILES string of the molecule is NNC(=O)c1ccc(-c2ccc3c(c2)CCCC3)[nH]c1=O. The first-order chi connectivity index (χ1) is 10.2. The average molecular weight is 283 g/mol. The summed E-state index contributed by atoms with van der Waals surface area (Å²) in [7, 11) is 0. The van der Waals surface area contributed by atoms with E-state index in [1.807, 2.05) is 11.5 Å². The number of hydrogen-bond acceptors (Lipinski definition) is 3. The number of nitrogen functional groups attached to an aromatic ring is 1. The number of amides is 1. The van der Waals surface area contributed by atoms with Gasteiger partial charge in [-0.3, -0.25) is 15.0 Å². The summed E-state index contributed by atoms with van der Waals surface area (Å²) in [6.45, 7) is 0. The van der Waals surface area contributed by atoms with Gasteiger partial charge >= 0.3 is 0 Å². The predicted molar refractivity (Wildman–Crippen MR) is 80.8 cm³/mol. The van der Waals surface area contributed by atoms with E-state index >= 15 is 0 Å². The summed E-state index contributed by atoms with van der Waals surface area (Å²) in [5.74, 6) is 4.46. The molecule has 3 rings (SSSR count). The quantitative estimate of drug-likeness (QED) is 0.443. The van der Waals surface area contributed by atoms with Gasteiger partial charge in [-0.05, 0) is 60.6 Å². The molecular formula is C16H17N3O2. The molecule has 108 valence electrons. The number of nitrogens with two attached hydrogens (primary N) is 1. The molecule has 0 atom stereocenters. The van der Waals surface area contributed by atoms with Crippen molar-refractivity contribution < 1.29 is 4.79 Å². The van der Waals surface area contributed by atoms with Crippen LogP contribution >= 0.6 is 0 Å². The molecule has 5 heteroatoms. The maximum Gasteiger partial charge on any atom is 0.270 e. The van der Waals surface area contributed by atoms with Gasteiger partial charge < -0.3 is 4.98 Å². The molecule has 0 unspecified atom stereocenters. The molecule has 0 aliphatic heterocycles. The number of fused-ring (bicyclic) bond motifs is 1. The van der Waals surface area contributed by atoms with E-state index in [0.717, 1.165) is 18.4 Å². The van der Waals surface area contributed by atoms with Gasteiger partial charge in [0.05, 0.1) is 0 Å². The Kier molecular flexibility index (Phi) is 3.58. The fourth-order valence-electron chi connectivity index (χ4n) is 2.80. The Morgan fingerprint density at radius 3 is 2.57 bits per heavy atom. The number of nitrogens with one attached hydrogen (secondary N) is 2. The van der Waals surface area contributed by atoms with E-state index in [0.29, 0.717) is 5.69 Å². The number of rotatable bonds is 2. The van der Waals surface area contributed by atoms with Crippen molar-refractivity contribution in [3.05, 3.63) is 57.4 Å². The number of aromatic amines is 1. The van der Waals surface area contributed by atoms with Crippen molar-refractivity contribution in [3.8, 4) is 11.3 Å². The summed E-state index contributed by atoms with van der Waals surface area (Å²) >= 11 is 0. The second-order valence-electron chi connectivity index (χ2n) is 5.28. The molecule has 2 aromatic rings. The summed E-state index contributed by atoms with van der Waals surface area (Å²) < 4.78 is 0. The zero-order valence-electron chi connectivity index (χ0n) is 11.6. The highest BCUT2D eigenvalue weighted by atomic mass is 16.2. The molecular weight excluding hydrogens is 266 g/mol. The zero-order valence-corrected chi connectivity index (χ0v) is 11.6. The molecule has 1 aliphatic carbocycles. The summed E-state index contributed by atoms with van der Waals surface area (Å²) in [5, 5.41) is 0. The highest BCUT2D eigenvalue weighted by molar-refractivity contribution is 5.93. The van der Waals surface area contributed by atoms with Crippen LogP contribution in [0.15, 0.2) is 35.1 Å². The molecule has 1 aromatic heterocycles. The van der Waals surface area contributed by atoms with Gasteiger partial charge in [0.15, 0.2) is 0 Å². The molecule has 0 saturated heterocycles. The third-order valence-electron chi connectivity index (χ3n) is 3.94. The minimum atomic E-state index is -0.590. The van der Waals surface area contributed by atoms with Gasteiger partial charge in [-0.1, -0.05) is 12.1 Å². The van der Waals surface area contributed by atoms with Crippen molar-refractivity contribution in [1.29, 1.82) is 0 Å². The number of aryl methyl sites for hydroxylation is 2. The molecule has 0 saturated carbocycles. The molecule has 1 aromatic carbocycles. The van der Waals surface area contributed by atoms with E-state index in [9.17, 15) is 9.59 Å². The van der Waals surface area contributed by atoms with E-state index in [-0.39, 0.29) is 5.56 Å². The minimum absolute atomic E-state index is 0.0132. The Hall–Kier alpha value is -2.40. The number of carbonyl (C=O) groups excluding carboxylic acids is 1. The van der Waals surface area contributed by atoms with Gasteiger partial charge in [0, 0.05) is 5.69 Å². The Bertz CT molecular complexity index is 749. The number of aromatic nitrogens is 1. The van der Waals surface area contributed by atoms with Gasteiger partial charge in [0.1, 0.15) is 5.56 Å². The van der Waals surface area contributed by atoms with Crippen molar-refractivity contribution in [2.75, 3.05) is 0 Å². The van der Waals surface area contributed by atoms with Crippen LogP contribution in [0, 0.1) is 0 Å². The van der Waals surface area contributed by atoms with Gasteiger partial charge in [0.25, 0.3) is 11.5 Å². The fraction of sp³-hybridized carbons (Fsp3) is 0.250. The molecule has 1 aliphatic rings. The second-order valence-corrected chi connectivity index (χ2v) is 5.28. The Balaban J connectivity index is 1.99. The lowest BCUT2D eigenvalue weighted by Gasteiger charge is -2.16. The van der Waals surface area contributed by atoms with Crippen LogP contribution in [-0.4, -0.2) is 10.9 Å². The van der Waals surface area contributed by atoms with Crippen LogP contribution in [0.4, 0.5) is 0 Å². The normalized spacial score (nSPS) is 13.6.